The van der Waals surface area contributed by atoms with Gasteiger partial charge in [-0.1, -0.05) is 5.16 Å². The molecule has 0 saturated carbocycles. The first-order chi connectivity index (χ1) is 7.90. The summed E-state index contributed by atoms with van der Waals surface area (Å²) in [5.41, 5.74) is 0. The van der Waals surface area contributed by atoms with E-state index in [1.165, 1.54) is 0 Å². The Morgan fingerprint density at radius 3 is 3.25 bits per heavy atom. The standard InChI is InChI=1S/C10H17N3O3/c1-14-5-2-3-9-12-10(16-13-9)8-7-15-6-4-11-8/h8,11H,2-7H2,1H3. The molecular formula is C10H17N3O3. The van der Waals surface area contributed by atoms with Crippen molar-refractivity contribution in [3.8, 4) is 0 Å². The van der Waals surface area contributed by atoms with Crippen LogP contribution >= 0.6 is 0 Å². The van der Waals surface area contributed by atoms with Gasteiger partial charge in [-0.05, 0) is 6.42 Å². The minimum atomic E-state index is 0.0393. The molecule has 16 heavy (non-hydrogen) atoms. The molecule has 1 aliphatic rings. The average molecular weight is 227 g/mol. The summed E-state index contributed by atoms with van der Waals surface area (Å²) in [4.78, 5) is 4.33. The number of rotatable bonds is 5. The van der Waals surface area contributed by atoms with Crippen molar-refractivity contribution in [2.24, 2.45) is 0 Å². The number of hydrogen-bond donors (Lipinski definition) is 1. The fourth-order valence-electron chi connectivity index (χ4n) is 1.61. The second-order valence-electron chi connectivity index (χ2n) is 3.73. The maximum absolute atomic E-state index is 5.33. The second-order valence-corrected chi connectivity index (χ2v) is 3.73. The monoisotopic (exact) mass is 227 g/mol. The molecule has 0 radical (unpaired) electrons. The topological polar surface area (TPSA) is 69.4 Å². The van der Waals surface area contributed by atoms with E-state index in [2.05, 4.69) is 15.5 Å². The van der Waals surface area contributed by atoms with Crippen molar-refractivity contribution in [1.29, 1.82) is 0 Å². The molecule has 1 atom stereocenters. The van der Waals surface area contributed by atoms with Crippen molar-refractivity contribution in [3.63, 3.8) is 0 Å². The molecule has 1 unspecified atom stereocenters. The maximum Gasteiger partial charge on any atom is 0.246 e. The van der Waals surface area contributed by atoms with Gasteiger partial charge < -0.3 is 19.3 Å². The van der Waals surface area contributed by atoms with Gasteiger partial charge in [0.25, 0.3) is 0 Å². The Labute approximate surface area is 94.3 Å². The third-order valence-electron chi connectivity index (χ3n) is 2.45. The van der Waals surface area contributed by atoms with E-state index in [1.807, 2.05) is 0 Å². The SMILES string of the molecule is COCCCc1noc(C2COCCN2)n1. The predicted octanol–water partition coefficient (Wildman–Crippen LogP) is 0.309. The van der Waals surface area contributed by atoms with Crippen LogP contribution in [0.2, 0.25) is 0 Å². The number of hydrogen-bond acceptors (Lipinski definition) is 6. The summed E-state index contributed by atoms with van der Waals surface area (Å²) in [6, 6.07) is 0.0393. The van der Waals surface area contributed by atoms with Crippen LogP contribution in [-0.4, -0.2) is 43.6 Å². The quantitative estimate of drug-likeness (QED) is 0.730. The summed E-state index contributed by atoms with van der Waals surface area (Å²) in [7, 11) is 1.69. The Hall–Kier alpha value is -0.980. The summed E-state index contributed by atoms with van der Waals surface area (Å²) in [6.45, 7) is 2.88. The van der Waals surface area contributed by atoms with E-state index < -0.39 is 0 Å². The van der Waals surface area contributed by atoms with E-state index in [0.717, 1.165) is 31.8 Å². The molecule has 2 heterocycles. The van der Waals surface area contributed by atoms with Gasteiger partial charge in [-0.25, -0.2) is 0 Å². The molecule has 0 spiro atoms. The Kier molecular flexibility index (Phi) is 4.26. The lowest BCUT2D eigenvalue weighted by atomic mass is 10.3. The first kappa shape index (κ1) is 11.5. The Morgan fingerprint density at radius 2 is 2.50 bits per heavy atom. The zero-order chi connectivity index (χ0) is 11.2. The summed E-state index contributed by atoms with van der Waals surface area (Å²) >= 11 is 0. The lowest BCUT2D eigenvalue weighted by molar-refractivity contribution is 0.0659. The normalized spacial score (nSPS) is 21.2. The summed E-state index contributed by atoms with van der Waals surface area (Å²) < 4.78 is 15.5. The van der Waals surface area contributed by atoms with Crippen LogP contribution in [0.3, 0.4) is 0 Å². The van der Waals surface area contributed by atoms with Crippen LogP contribution in [0, 0.1) is 0 Å². The van der Waals surface area contributed by atoms with E-state index in [-0.39, 0.29) is 6.04 Å². The molecule has 1 aromatic rings. The number of nitrogens with zero attached hydrogens (tertiary/aromatic N) is 2. The van der Waals surface area contributed by atoms with Crippen LogP contribution in [0.4, 0.5) is 0 Å². The third kappa shape index (κ3) is 3.01. The third-order valence-corrected chi connectivity index (χ3v) is 2.45. The highest BCUT2D eigenvalue weighted by atomic mass is 16.5. The molecule has 0 bridgehead atoms. The molecule has 2 rings (SSSR count). The van der Waals surface area contributed by atoms with Crippen LogP contribution in [0.15, 0.2) is 4.52 Å². The molecule has 6 nitrogen and oxygen atoms in total. The predicted molar refractivity (Wildman–Crippen MR) is 56.1 cm³/mol. The van der Waals surface area contributed by atoms with Crippen molar-refractivity contribution in [2.45, 2.75) is 18.9 Å². The number of nitrogens with one attached hydrogen (secondary N) is 1. The zero-order valence-corrected chi connectivity index (χ0v) is 9.44. The fraction of sp³-hybridized carbons (Fsp3) is 0.800. The summed E-state index contributed by atoms with van der Waals surface area (Å²) in [5.74, 6) is 1.35. The van der Waals surface area contributed by atoms with Gasteiger partial charge in [0.05, 0.1) is 13.2 Å². The van der Waals surface area contributed by atoms with Gasteiger partial charge in [-0.2, -0.15) is 4.98 Å². The van der Waals surface area contributed by atoms with Crippen molar-refractivity contribution >= 4 is 0 Å². The average Bonchev–Trinajstić information content (AvgIpc) is 2.79. The number of ether oxygens (including phenoxy) is 2. The van der Waals surface area contributed by atoms with Crippen LogP contribution in [0.25, 0.3) is 0 Å². The zero-order valence-electron chi connectivity index (χ0n) is 9.44. The maximum atomic E-state index is 5.33. The molecule has 1 N–H and O–H groups in total. The number of aryl methyl sites for hydroxylation is 1. The molecule has 0 aromatic carbocycles. The smallest absolute Gasteiger partial charge is 0.246 e. The lowest BCUT2D eigenvalue weighted by Gasteiger charge is -2.20. The molecular weight excluding hydrogens is 210 g/mol. The fourth-order valence-corrected chi connectivity index (χ4v) is 1.61. The van der Waals surface area contributed by atoms with Crippen molar-refractivity contribution in [3.05, 3.63) is 11.7 Å². The van der Waals surface area contributed by atoms with Crippen LogP contribution < -0.4 is 5.32 Å². The number of morpholine rings is 1. The van der Waals surface area contributed by atoms with Gasteiger partial charge in [-0.15, -0.1) is 0 Å². The van der Waals surface area contributed by atoms with Gasteiger partial charge in [-0.3, -0.25) is 0 Å². The Bertz CT molecular complexity index is 310. The van der Waals surface area contributed by atoms with Crippen LogP contribution in [-0.2, 0) is 15.9 Å². The van der Waals surface area contributed by atoms with Crippen molar-refractivity contribution in [1.82, 2.24) is 15.5 Å². The lowest BCUT2D eigenvalue weighted by Crippen LogP contribution is -2.34. The summed E-state index contributed by atoms with van der Waals surface area (Å²) in [5, 5.41) is 7.20. The molecule has 1 fully saturated rings. The second kappa shape index (κ2) is 5.93. The van der Waals surface area contributed by atoms with Crippen LogP contribution in [0.1, 0.15) is 24.2 Å². The van der Waals surface area contributed by atoms with Gasteiger partial charge in [0.1, 0.15) is 6.04 Å². The number of methoxy groups -OCH3 is 1. The van der Waals surface area contributed by atoms with Gasteiger partial charge in [0.15, 0.2) is 5.82 Å². The van der Waals surface area contributed by atoms with Crippen molar-refractivity contribution < 1.29 is 14.0 Å². The Morgan fingerprint density at radius 1 is 1.56 bits per heavy atom. The van der Waals surface area contributed by atoms with E-state index in [1.54, 1.807) is 7.11 Å². The highest BCUT2D eigenvalue weighted by Crippen LogP contribution is 2.13. The first-order valence-corrected chi connectivity index (χ1v) is 5.52. The molecule has 1 saturated heterocycles. The molecule has 0 aliphatic carbocycles. The molecule has 6 heteroatoms. The largest absolute Gasteiger partial charge is 0.385 e. The van der Waals surface area contributed by atoms with E-state index in [4.69, 9.17) is 14.0 Å². The van der Waals surface area contributed by atoms with E-state index in [0.29, 0.717) is 19.1 Å². The van der Waals surface area contributed by atoms with E-state index >= 15 is 0 Å². The first-order valence-electron chi connectivity index (χ1n) is 5.52. The van der Waals surface area contributed by atoms with Crippen LogP contribution in [0.5, 0.6) is 0 Å². The minimum Gasteiger partial charge on any atom is -0.385 e. The Balaban J connectivity index is 1.85. The highest BCUT2D eigenvalue weighted by molar-refractivity contribution is 4.94. The van der Waals surface area contributed by atoms with E-state index in [9.17, 15) is 0 Å². The van der Waals surface area contributed by atoms with Gasteiger partial charge in [0, 0.05) is 26.7 Å². The van der Waals surface area contributed by atoms with Crippen molar-refractivity contribution in [2.75, 3.05) is 33.5 Å². The van der Waals surface area contributed by atoms with Gasteiger partial charge >= 0.3 is 0 Å². The highest BCUT2D eigenvalue weighted by Gasteiger charge is 2.21. The minimum absolute atomic E-state index is 0.0393. The molecule has 1 aromatic heterocycles. The van der Waals surface area contributed by atoms with Gasteiger partial charge in [0.2, 0.25) is 5.89 Å². The molecule has 0 amide bonds. The molecule has 90 valence electrons. The molecule has 1 aliphatic heterocycles. The number of aromatic nitrogens is 2. The summed E-state index contributed by atoms with van der Waals surface area (Å²) in [6.07, 6.45) is 1.69.